The van der Waals surface area contributed by atoms with Gasteiger partial charge >= 0.3 is 6.18 Å². The Labute approximate surface area is 85.1 Å². The summed E-state index contributed by atoms with van der Waals surface area (Å²) in [5, 5.41) is 11.1. The highest BCUT2D eigenvalue weighted by Gasteiger charge is 2.39. The summed E-state index contributed by atoms with van der Waals surface area (Å²) in [6, 6.07) is -0.605. The fourth-order valence-electron chi connectivity index (χ4n) is 1.38. The lowest BCUT2D eigenvalue weighted by Crippen LogP contribution is -2.45. The fourth-order valence-corrected chi connectivity index (χ4v) is 1.38. The third kappa shape index (κ3) is 3.07. The summed E-state index contributed by atoms with van der Waals surface area (Å²) in [4.78, 5) is 12.7. The SMILES string of the molecule is CN1CCC(NCC(O)C(F)(F)F)C1=O. The van der Waals surface area contributed by atoms with E-state index in [0.717, 1.165) is 0 Å². The van der Waals surface area contributed by atoms with Crippen LogP contribution in [0.1, 0.15) is 6.42 Å². The maximum absolute atomic E-state index is 11.9. The monoisotopic (exact) mass is 226 g/mol. The Bertz CT molecular complexity index is 245. The molecule has 88 valence electrons. The lowest BCUT2D eigenvalue weighted by molar-refractivity contribution is -0.202. The maximum Gasteiger partial charge on any atom is 0.415 e. The highest BCUT2D eigenvalue weighted by atomic mass is 19.4. The van der Waals surface area contributed by atoms with Gasteiger partial charge in [0.25, 0.3) is 0 Å². The van der Waals surface area contributed by atoms with E-state index in [9.17, 15) is 18.0 Å². The van der Waals surface area contributed by atoms with E-state index >= 15 is 0 Å². The number of hydrogen-bond acceptors (Lipinski definition) is 3. The van der Waals surface area contributed by atoms with Crippen LogP contribution < -0.4 is 5.32 Å². The van der Waals surface area contributed by atoms with E-state index in [2.05, 4.69) is 5.32 Å². The molecule has 1 rings (SSSR count). The molecular formula is C8H13F3N2O2. The van der Waals surface area contributed by atoms with E-state index in [1.165, 1.54) is 4.90 Å². The molecule has 0 aliphatic carbocycles. The molecule has 2 N–H and O–H groups in total. The van der Waals surface area contributed by atoms with Crippen LogP contribution in [0.2, 0.25) is 0 Å². The van der Waals surface area contributed by atoms with Crippen LogP contribution in [0.25, 0.3) is 0 Å². The molecule has 7 heteroatoms. The van der Waals surface area contributed by atoms with Gasteiger partial charge in [-0.25, -0.2) is 0 Å². The van der Waals surface area contributed by atoms with Crippen LogP contribution in [0.5, 0.6) is 0 Å². The molecule has 0 aromatic carbocycles. The van der Waals surface area contributed by atoms with Crippen molar-refractivity contribution in [3.63, 3.8) is 0 Å². The van der Waals surface area contributed by atoms with Crippen LogP contribution in [0, 0.1) is 0 Å². The minimum Gasteiger partial charge on any atom is -0.382 e. The molecule has 1 aliphatic rings. The lowest BCUT2D eigenvalue weighted by atomic mass is 10.2. The van der Waals surface area contributed by atoms with Crippen molar-refractivity contribution in [2.45, 2.75) is 24.7 Å². The molecule has 2 unspecified atom stereocenters. The number of aliphatic hydroxyl groups excluding tert-OH is 1. The van der Waals surface area contributed by atoms with Crippen LogP contribution in [-0.4, -0.2) is 54.4 Å². The van der Waals surface area contributed by atoms with Gasteiger partial charge in [-0.3, -0.25) is 4.79 Å². The predicted molar refractivity (Wildman–Crippen MR) is 46.1 cm³/mol. The largest absolute Gasteiger partial charge is 0.415 e. The van der Waals surface area contributed by atoms with Gasteiger partial charge in [-0.1, -0.05) is 0 Å². The van der Waals surface area contributed by atoms with Gasteiger partial charge in [-0.15, -0.1) is 0 Å². The molecule has 0 spiro atoms. The second-order valence-corrected chi connectivity index (χ2v) is 3.57. The van der Waals surface area contributed by atoms with Crippen LogP contribution in [0.3, 0.4) is 0 Å². The lowest BCUT2D eigenvalue weighted by Gasteiger charge is -2.17. The van der Waals surface area contributed by atoms with Crippen molar-refractivity contribution in [3.05, 3.63) is 0 Å². The highest BCUT2D eigenvalue weighted by molar-refractivity contribution is 5.83. The number of likely N-dealkylation sites (tertiary alicyclic amines) is 1. The van der Waals surface area contributed by atoms with E-state index in [4.69, 9.17) is 5.11 Å². The third-order valence-electron chi connectivity index (χ3n) is 2.36. The van der Waals surface area contributed by atoms with E-state index in [1.807, 2.05) is 0 Å². The Morgan fingerprint density at radius 3 is 2.67 bits per heavy atom. The molecule has 1 heterocycles. The molecular weight excluding hydrogens is 213 g/mol. The Morgan fingerprint density at radius 2 is 2.27 bits per heavy atom. The molecule has 0 radical (unpaired) electrons. The minimum absolute atomic E-state index is 0.232. The number of rotatable bonds is 3. The normalized spacial score (nSPS) is 24.7. The number of nitrogens with one attached hydrogen (secondary N) is 1. The zero-order chi connectivity index (χ0) is 11.6. The molecule has 1 saturated heterocycles. The van der Waals surface area contributed by atoms with Crippen molar-refractivity contribution in [2.24, 2.45) is 0 Å². The number of carbonyl (C=O) groups excluding carboxylic acids is 1. The molecule has 1 fully saturated rings. The molecule has 15 heavy (non-hydrogen) atoms. The van der Waals surface area contributed by atoms with E-state index in [-0.39, 0.29) is 5.91 Å². The average Bonchev–Trinajstić information content (AvgIpc) is 2.43. The fraction of sp³-hybridized carbons (Fsp3) is 0.875. The molecule has 4 nitrogen and oxygen atoms in total. The van der Waals surface area contributed by atoms with Crippen molar-refractivity contribution >= 4 is 5.91 Å². The first kappa shape index (κ1) is 12.3. The van der Waals surface area contributed by atoms with E-state index in [0.29, 0.717) is 13.0 Å². The standard InChI is InChI=1S/C8H13F3N2O2/c1-13-3-2-5(7(13)15)12-4-6(14)8(9,10)11/h5-6,12,14H,2-4H2,1H3. The van der Waals surface area contributed by atoms with E-state index in [1.54, 1.807) is 7.05 Å². The van der Waals surface area contributed by atoms with Crippen molar-refractivity contribution < 1.29 is 23.1 Å². The maximum atomic E-state index is 11.9. The molecule has 0 saturated carbocycles. The second kappa shape index (κ2) is 4.36. The van der Waals surface area contributed by atoms with Gasteiger partial charge < -0.3 is 15.3 Å². The molecule has 0 bridgehead atoms. The van der Waals surface area contributed by atoms with Crippen molar-refractivity contribution in [1.82, 2.24) is 10.2 Å². The summed E-state index contributed by atoms with van der Waals surface area (Å²) >= 11 is 0. The smallest absolute Gasteiger partial charge is 0.382 e. The van der Waals surface area contributed by atoms with Crippen LogP contribution in [0.4, 0.5) is 13.2 Å². The number of halogens is 3. The van der Waals surface area contributed by atoms with Gasteiger partial charge in [-0.2, -0.15) is 13.2 Å². The highest BCUT2D eigenvalue weighted by Crippen LogP contribution is 2.19. The van der Waals surface area contributed by atoms with Gasteiger partial charge in [0.15, 0.2) is 6.10 Å². The molecule has 1 amide bonds. The quantitative estimate of drug-likeness (QED) is 0.696. The summed E-state index contributed by atoms with van der Waals surface area (Å²) in [5.74, 6) is -0.232. The number of aliphatic hydroxyl groups is 1. The van der Waals surface area contributed by atoms with Crippen molar-refractivity contribution in [2.75, 3.05) is 20.1 Å². The van der Waals surface area contributed by atoms with Gasteiger partial charge in [0, 0.05) is 20.1 Å². The number of amides is 1. The van der Waals surface area contributed by atoms with Gasteiger partial charge in [-0.05, 0) is 6.42 Å². The zero-order valence-corrected chi connectivity index (χ0v) is 8.21. The Morgan fingerprint density at radius 1 is 1.67 bits per heavy atom. The van der Waals surface area contributed by atoms with Gasteiger partial charge in [0.05, 0.1) is 6.04 Å². The third-order valence-corrected chi connectivity index (χ3v) is 2.36. The zero-order valence-electron chi connectivity index (χ0n) is 8.21. The first-order valence-electron chi connectivity index (χ1n) is 4.55. The van der Waals surface area contributed by atoms with Gasteiger partial charge in [0.2, 0.25) is 5.91 Å². The number of hydrogen-bond donors (Lipinski definition) is 2. The Kier molecular flexibility index (Phi) is 3.56. The van der Waals surface area contributed by atoms with E-state index < -0.39 is 24.9 Å². The van der Waals surface area contributed by atoms with Crippen LogP contribution in [-0.2, 0) is 4.79 Å². The molecule has 1 aliphatic heterocycles. The molecule has 0 aromatic rings. The van der Waals surface area contributed by atoms with Crippen molar-refractivity contribution in [1.29, 1.82) is 0 Å². The number of carbonyl (C=O) groups is 1. The predicted octanol–water partition coefficient (Wildman–Crippen LogP) is -0.270. The second-order valence-electron chi connectivity index (χ2n) is 3.57. The first-order valence-corrected chi connectivity index (χ1v) is 4.55. The summed E-state index contributed by atoms with van der Waals surface area (Å²) in [6.07, 6.45) is -6.59. The average molecular weight is 226 g/mol. The van der Waals surface area contributed by atoms with Crippen LogP contribution in [0.15, 0.2) is 0 Å². The first-order chi connectivity index (χ1) is 6.82. The van der Waals surface area contributed by atoms with Crippen molar-refractivity contribution in [3.8, 4) is 0 Å². The number of alkyl halides is 3. The minimum atomic E-state index is -4.64. The summed E-state index contributed by atoms with van der Waals surface area (Å²) < 4.78 is 35.7. The topological polar surface area (TPSA) is 52.6 Å². The Balaban J connectivity index is 2.35. The molecule has 0 aromatic heterocycles. The molecule has 2 atom stereocenters. The Hall–Kier alpha value is -0.820. The summed E-state index contributed by atoms with van der Waals surface area (Å²) in [7, 11) is 1.59. The number of nitrogens with zero attached hydrogens (tertiary/aromatic N) is 1. The summed E-state index contributed by atoms with van der Waals surface area (Å²) in [6.45, 7) is -0.119. The summed E-state index contributed by atoms with van der Waals surface area (Å²) in [5.41, 5.74) is 0. The number of likely N-dealkylation sites (N-methyl/N-ethyl adjacent to an activating group) is 1. The van der Waals surface area contributed by atoms with Gasteiger partial charge in [0.1, 0.15) is 0 Å². The van der Waals surface area contributed by atoms with Crippen LogP contribution >= 0.6 is 0 Å².